The minimum Gasteiger partial charge on any atom is -0.471 e. The molecule has 5 nitrogen and oxygen atoms in total. The Hall–Kier alpha value is -2.60. The van der Waals surface area contributed by atoms with Gasteiger partial charge in [0, 0.05) is 30.4 Å². The van der Waals surface area contributed by atoms with Crippen LogP contribution in [-0.4, -0.2) is 34.4 Å². The number of aliphatic hydroxyl groups is 2. The molecule has 2 atom stereocenters. The lowest BCUT2D eigenvalue weighted by atomic mass is 9.97. The summed E-state index contributed by atoms with van der Waals surface area (Å²) in [5.41, 5.74) is 4.45. The van der Waals surface area contributed by atoms with Crippen LogP contribution >= 0.6 is 11.6 Å². The molecule has 2 N–H and O–H groups in total. The van der Waals surface area contributed by atoms with Crippen molar-refractivity contribution < 1.29 is 14.9 Å². The Labute approximate surface area is 181 Å². The topological polar surface area (TPSA) is 65.8 Å². The zero-order valence-electron chi connectivity index (χ0n) is 16.8. The summed E-state index contributed by atoms with van der Waals surface area (Å²) < 4.78 is 5.98. The summed E-state index contributed by atoms with van der Waals surface area (Å²) in [6, 6.07) is 17.1. The van der Waals surface area contributed by atoms with Gasteiger partial charge in [0.2, 0.25) is 5.88 Å². The first-order valence-corrected chi connectivity index (χ1v) is 10.4. The smallest absolute Gasteiger partial charge is 0.232 e. The van der Waals surface area contributed by atoms with Crippen LogP contribution in [0.3, 0.4) is 0 Å². The molecule has 156 valence electrons. The molecule has 2 unspecified atom stereocenters. The number of ether oxygens (including phenoxy) is 1. The van der Waals surface area contributed by atoms with Crippen molar-refractivity contribution in [3.05, 3.63) is 88.1 Å². The van der Waals surface area contributed by atoms with Crippen LogP contribution < -0.4 is 9.64 Å². The van der Waals surface area contributed by atoms with E-state index in [0.29, 0.717) is 17.4 Å². The molecule has 1 aliphatic rings. The lowest BCUT2D eigenvalue weighted by Gasteiger charge is -2.23. The molecule has 6 heteroatoms. The molecule has 2 heterocycles. The molecule has 1 fully saturated rings. The fraction of sp³-hybridized carbons (Fsp3) is 0.292. The normalized spacial score (nSPS) is 17.2. The molecule has 1 aromatic heterocycles. The number of aryl methyl sites for hydroxylation is 1. The Morgan fingerprint density at radius 2 is 2.00 bits per heavy atom. The average molecular weight is 425 g/mol. The summed E-state index contributed by atoms with van der Waals surface area (Å²) in [5.74, 6) is 0.449. The maximum absolute atomic E-state index is 10.8. The molecule has 1 saturated heterocycles. The number of rotatable bonds is 6. The van der Waals surface area contributed by atoms with Gasteiger partial charge >= 0.3 is 0 Å². The van der Waals surface area contributed by atoms with Crippen molar-refractivity contribution in [3.8, 4) is 5.88 Å². The second kappa shape index (κ2) is 9.04. The molecule has 0 aliphatic carbocycles. The number of aromatic nitrogens is 1. The Morgan fingerprint density at radius 1 is 1.17 bits per heavy atom. The van der Waals surface area contributed by atoms with Crippen molar-refractivity contribution in [2.75, 3.05) is 18.0 Å². The van der Waals surface area contributed by atoms with Crippen LogP contribution in [0.5, 0.6) is 5.88 Å². The fourth-order valence-corrected chi connectivity index (χ4v) is 4.07. The lowest BCUT2D eigenvalue weighted by molar-refractivity contribution is 0.216. The number of aliphatic hydroxyl groups excluding tert-OH is 2. The summed E-state index contributed by atoms with van der Waals surface area (Å²) in [6.45, 7) is 3.39. The molecule has 1 aliphatic heterocycles. The second-order valence-electron chi connectivity index (χ2n) is 7.63. The third-order valence-corrected chi connectivity index (χ3v) is 5.72. The van der Waals surface area contributed by atoms with Crippen LogP contribution in [0, 0.1) is 6.92 Å². The van der Waals surface area contributed by atoms with Gasteiger partial charge in [0.25, 0.3) is 0 Å². The molecule has 3 aromatic rings. The summed E-state index contributed by atoms with van der Waals surface area (Å²) in [5, 5.41) is 21.3. The van der Waals surface area contributed by atoms with Crippen molar-refractivity contribution in [1.29, 1.82) is 0 Å². The minimum atomic E-state index is -0.731. The van der Waals surface area contributed by atoms with E-state index in [1.54, 1.807) is 18.3 Å². The van der Waals surface area contributed by atoms with Crippen molar-refractivity contribution in [2.45, 2.75) is 32.2 Å². The van der Waals surface area contributed by atoms with E-state index < -0.39 is 6.10 Å². The summed E-state index contributed by atoms with van der Waals surface area (Å²) >= 11 is 6.15. The SMILES string of the molecule is Cc1cccc(C(O)c2ccc(N3CCC(Oc4ncccc4Cl)C3)c(CO)c2)c1. The van der Waals surface area contributed by atoms with Crippen LogP contribution in [-0.2, 0) is 6.61 Å². The molecule has 0 spiro atoms. The van der Waals surface area contributed by atoms with Gasteiger partial charge in [0.15, 0.2) is 0 Å². The highest BCUT2D eigenvalue weighted by Crippen LogP contribution is 2.32. The van der Waals surface area contributed by atoms with Crippen molar-refractivity contribution in [1.82, 2.24) is 4.98 Å². The largest absolute Gasteiger partial charge is 0.471 e. The number of benzene rings is 2. The van der Waals surface area contributed by atoms with Gasteiger partial charge in [0.1, 0.15) is 17.2 Å². The first-order valence-electron chi connectivity index (χ1n) is 10.1. The predicted octanol–water partition coefficient (Wildman–Crippen LogP) is 4.28. The predicted molar refractivity (Wildman–Crippen MR) is 118 cm³/mol. The van der Waals surface area contributed by atoms with E-state index >= 15 is 0 Å². The third kappa shape index (κ3) is 4.43. The number of hydrogen-bond acceptors (Lipinski definition) is 5. The van der Waals surface area contributed by atoms with E-state index in [2.05, 4.69) is 9.88 Å². The van der Waals surface area contributed by atoms with Gasteiger partial charge in [-0.05, 0) is 42.3 Å². The van der Waals surface area contributed by atoms with Gasteiger partial charge in [-0.25, -0.2) is 4.98 Å². The third-order valence-electron chi connectivity index (χ3n) is 5.44. The zero-order chi connectivity index (χ0) is 21.1. The summed E-state index contributed by atoms with van der Waals surface area (Å²) in [7, 11) is 0. The maximum atomic E-state index is 10.8. The Balaban J connectivity index is 1.50. The molecule has 30 heavy (non-hydrogen) atoms. The lowest BCUT2D eigenvalue weighted by Crippen LogP contribution is -2.25. The number of anilines is 1. The van der Waals surface area contributed by atoms with Gasteiger partial charge in [-0.1, -0.05) is 47.5 Å². The summed E-state index contributed by atoms with van der Waals surface area (Å²) in [4.78, 5) is 6.39. The molecular formula is C24H25ClN2O3. The highest BCUT2D eigenvalue weighted by atomic mass is 35.5. The van der Waals surface area contributed by atoms with Gasteiger partial charge in [-0.15, -0.1) is 0 Å². The van der Waals surface area contributed by atoms with E-state index in [-0.39, 0.29) is 12.7 Å². The van der Waals surface area contributed by atoms with Crippen molar-refractivity contribution in [3.63, 3.8) is 0 Å². The number of nitrogens with zero attached hydrogens (tertiary/aromatic N) is 2. The van der Waals surface area contributed by atoms with Crippen LogP contribution in [0.25, 0.3) is 0 Å². The monoisotopic (exact) mass is 424 g/mol. The number of pyridine rings is 1. The second-order valence-corrected chi connectivity index (χ2v) is 8.04. The summed E-state index contributed by atoms with van der Waals surface area (Å²) in [6.07, 6.45) is 1.74. The molecule has 4 rings (SSSR count). The first kappa shape index (κ1) is 20.7. The van der Waals surface area contributed by atoms with Gasteiger partial charge in [-0.3, -0.25) is 0 Å². The van der Waals surface area contributed by atoms with E-state index in [0.717, 1.165) is 40.9 Å². The molecule has 0 saturated carbocycles. The molecule has 0 radical (unpaired) electrons. The zero-order valence-corrected chi connectivity index (χ0v) is 17.6. The van der Waals surface area contributed by atoms with E-state index in [9.17, 15) is 10.2 Å². The number of hydrogen-bond donors (Lipinski definition) is 2. The molecule has 0 amide bonds. The highest BCUT2D eigenvalue weighted by Gasteiger charge is 2.27. The van der Waals surface area contributed by atoms with Crippen LogP contribution in [0.4, 0.5) is 5.69 Å². The molecule has 2 aromatic carbocycles. The Kier molecular flexibility index (Phi) is 6.23. The van der Waals surface area contributed by atoms with Crippen LogP contribution in [0.1, 0.15) is 34.8 Å². The van der Waals surface area contributed by atoms with Crippen LogP contribution in [0.15, 0.2) is 60.8 Å². The van der Waals surface area contributed by atoms with E-state index in [1.807, 2.05) is 49.4 Å². The maximum Gasteiger partial charge on any atom is 0.232 e. The first-order chi connectivity index (χ1) is 14.5. The Morgan fingerprint density at radius 3 is 2.77 bits per heavy atom. The minimum absolute atomic E-state index is 0.0264. The number of halogens is 1. The molecular weight excluding hydrogens is 400 g/mol. The van der Waals surface area contributed by atoms with Gasteiger partial charge in [0.05, 0.1) is 13.2 Å². The standard InChI is InChI=1S/C24H25ClN2O3/c1-16-4-2-5-17(12-16)23(29)18-7-8-22(19(13-18)15-28)27-11-9-20(14-27)30-24-21(25)6-3-10-26-24/h2-8,10,12-13,20,23,28-29H,9,11,14-15H2,1H3. The average Bonchev–Trinajstić information content (AvgIpc) is 3.22. The van der Waals surface area contributed by atoms with Gasteiger partial charge in [-0.2, -0.15) is 0 Å². The quantitative estimate of drug-likeness (QED) is 0.618. The van der Waals surface area contributed by atoms with Gasteiger partial charge < -0.3 is 19.8 Å². The molecule has 0 bridgehead atoms. The Bertz CT molecular complexity index is 1030. The van der Waals surface area contributed by atoms with Crippen LogP contribution in [0.2, 0.25) is 5.02 Å². The van der Waals surface area contributed by atoms with Crippen molar-refractivity contribution in [2.24, 2.45) is 0 Å². The highest BCUT2D eigenvalue weighted by molar-refractivity contribution is 6.31. The van der Waals surface area contributed by atoms with E-state index in [1.165, 1.54) is 0 Å². The fourth-order valence-electron chi connectivity index (χ4n) is 3.90. The van der Waals surface area contributed by atoms with Crippen molar-refractivity contribution >= 4 is 17.3 Å². The van der Waals surface area contributed by atoms with E-state index in [4.69, 9.17) is 16.3 Å².